The summed E-state index contributed by atoms with van der Waals surface area (Å²) in [6.07, 6.45) is 0. The summed E-state index contributed by atoms with van der Waals surface area (Å²) in [6.45, 7) is 2.26. The van der Waals surface area contributed by atoms with Crippen molar-refractivity contribution >= 4 is 11.6 Å². The zero-order chi connectivity index (χ0) is 5.91. The molecular weight excluding hydrogens is 112 g/mol. The Kier molecular flexibility index (Phi) is 2.58. The highest BCUT2D eigenvalue weighted by Gasteiger charge is 2.12. The van der Waals surface area contributed by atoms with E-state index in [1.807, 2.05) is 6.92 Å². The molecule has 0 aromatic heterocycles. The van der Waals surface area contributed by atoms with E-state index in [1.54, 1.807) is 0 Å². The van der Waals surface area contributed by atoms with Crippen LogP contribution in [0.1, 0.15) is 6.92 Å². The molecular formula is C4H11ClN2. The van der Waals surface area contributed by atoms with E-state index in [0.29, 0.717) is 12.4 Å². The minimum atomic E-state index is -0.373. The van der Waals surface area contributed by atoms with Crippen molar-refractivity contribution < 1.29 is 0 Å². The highest BCUT2D eigenvalue weighted by molar-refractivity contribution is 6.18. The molecule has 1 unspecified atom stereocenters. The van der Waals surface area contributed by atoms with Crippen LogP contribution in [0.15, 0.2) is 0 Å². The fourth-order valence-corrected chi connectivity index (χ4v) is 0.164. The fourth-order valence-electron chi connectivity index (χ4n) is 0.0546. The minimum absolute atomic E-state index is 0.373. The minimum Gasteiger partial charge on any atom is -0.329 e. The SMILES string of the molecule is CC(N)(CN)CCl. The zero-order valence-corrected chi connectivity index (χ0v) is 5.20. The van der Waals surface area contributed by atoms with Crippen LogP contribution in [-0.2, 0) is 0 Å². The first-order chi connectivity index (χ1) is 3.12. The molecule has 0 aromatic carbocycles. The van der Waals surface area contributed by atoms with E-state index in [1.165, 1.54) is 0 Å². The molecule has 0 saturated carbocycles. The molecule has 0 amide bonds. The lowest BCUT2D eigenvalue weighted by atomic mass is 10.1. The summed E-state index contributed by atoms with van der Waals surface area (Å²) in [4.78, 5) is 0. The smallest absolute Gasteiger partial charge is 0.0413 e. The highest BCUT2D eigenvalue weighted by atomic mass is 35.5. The Labute approximate surface area is 48.8 Å². The van der Waals surface area contributed by atoms with E-state index in [0.717, 1.165) is 0 Å². The van der Waals surface area contributed by atoms with Crippen LogP contribution in [0.2, 0.25) is 0 Å². The third-order valence-electron chi connectivity index (χ3n) is 0.772. The van der Waals surface area contributed by atoms with E-state index < -0.39 is 0 Å². The van der Waals surface area contributed by atoms with Gasteiger partial charge in [-0.15, -0.1) is 11.6 Å². The Morgan fingerprint density at radius 1 is 1.71 bits per heavy atom. The van der Waals surface area contributed by atoms with Crippen molar-refractivity contribution in [2.45, 2.75) is 12.5 Å². The third kappa shape index (κ3) is 2.85. The lowest BCUT2D eigenvalue weighted by molar-refractivity contribution is 0.539. The van der Waals surface area contributed by atoms with Gasteiger partial charge in [0, 0.05) is 18.0 Å². The van der Waals surface area contributed by atoms with Crippen molar-refractivity contribution in [1.82, 2.24) is 0 Å². The molecule has 0 bridgehead atoms. The van der Waals surface area contributed by atoms with Crippen LogP contribution < -0.4 is 11.5 Å². The average Bonchev–Trinajstić information content (AvgIpc) is 1.68. The molecule has 0 saturated heterocycles. The molecule has 0 radical (unpaired) electrons. The van der Waals surface area contributed by atoms with Crippen LogP contribution in [0.25, 0.3) is 0 Å². The quantitative estimate of drug-likeness (QED) is 0.503. The van der Waals surface area contributed by atoms with Crippen molar-refractivity contribution in [3.8, 4) is 0 Å². The highest BCUT2D eigenvalue weighted by Crippen LogP contribution is 1.96. The molecule has 1 atom stereocenters. The van der Waals surface area contributed by atoms with Crippen LogP contribution >= 0.6 is 11.6 Å². The number of hydrogen-bond donors (Lipinski definition) is 2. The Balaban J connectivity index is 3.36. The lowest BCUT2D eigenvalue weighted by Crippen LogP contribution is -2.45. The number of nitrogens with two attached hydrogens (primary N) is 2. The van der Waals surface area contributed by atoms with Gasteiger partial charge in [-0.05, 0) is 6.92 Å². The summed E-state index contributed by atoms with van der Waals surface area (Å²) >= 11 is 5.39. The van der Waals surface area contributed by atoms with Gasteiger partial charge in [-0.1, -0.05) is 0 Å². The molecule has 3 heteroatoms. The standard InChI is InChI=1S/C4H11ClN2/c1-4(7,2-5)3-6/h2-3,6-7H2,1H3. The number of rotatable bonds is 2. The first-order valence-corrected chi connectivity index (χ1v) is 2.71. The van der Waals surface area contributed by atoms with E-state index in [-0.39, 0.29) is 5.54 Å². The zero-order valence-electron chi connectivity index (χ0n) is 4.45. The maximum absolute atomic E-state index is 5.46. The van der Waals surface area contributed by atoms with Gasteiger partial charge in [0.2, 0.25) is 0 Å². The van der Waals surface area contributed by atoms with Gasteiger partial charge in [0.15, 0.2) is 0 Å². The molecule has 0 aliphatic carbocycles. The van der Waals surface area contributed by atoms with E-state index >= 15 is 0 Å². The molecule has 0 spiro atoms. The molecule has 2 nitrogen and oxygen atoms in total. The summed E-state index contributed by atoms with van der Waals surface area (Å²) in [7, 11) is 0. The number of hydrogen-bond acceptors (Lipinski definition) is 2. The fraction of sp³-hybridized carbons (Fsp3) is 1.00. The molecule has 44 valence electrons. The molecule has 0 aromatic rings. The Morgan fingerprint density at radius 3 is 2.14 bits per heavy atom. The maximum Gasteiger partial charge on any atom is 0.0413 e. The Morgan fingerprint density at radius 2 is 2.14 bits per heavy atom. The van der Waals surface area contributed by atoms with Crippen molar-refractivity contribution in [2.75, 3.05) is 12.4 Å². The van der Waals surface area contributed by atoms with E-state index in [4.69, 9.17) is 23.1 Å². The molecule has 0 rings (SSSR count). The van der Waals surface area contributed by atoms with Crippen LogP contribution in [-0.4, -0.2) is 18.0 Å². The summed E-state index contributed by atoms with van der Waals surface area (Å²) in [5.74, 6) is 0.420. The maximum atomic E-state index is 5.46. The summed E-state index contributed by atoms with van der Waals surface area (Å²) in [6, 6.07) is 0. The van der Waals surface area contributed by atoms with Gasteiger partial charge in [0.25, 0.3) is 0 Å². The molecule has 0 aliphatic rings. The van der Waals surface area contributed by atoms with E-state index in [9.17, 15) is 0 Å². The first kappa shape index (κ1) is 7.21. The van der Waals surface area contributed by atoms with Crippen molar-refractivity contribution in [1.29, 1.82) is 0 Å². The summed E-state index contributed by atoms with van der Waals surface area (Å²) in [5, 5.41) is 0. The molecule has 0 aliphatic heterocycles. The topological polar surface area (TPSA) is 52.0 Å². The second kappa shape index (κ2) is 2.50. The molecule has 0 heterocycles. The van der Waals surface area contributed by atoms with Crippen molar-refractivity contribution in [2.24, 2.45) is 11.5 Å². The van der Waals surface area contributed by atoms with Gasteiger partial charge >= 0.3 is 0 Å². The predicted octanol–water partition coefficient (Wildman–Crippen LogP) is -0.0987. The second-order valence-corrected chi connectivity index (χ2v) is 2.26. The summed E-state index contributed by atoms with van der Waals surface area (Å²) < 4.78 is 0. The van der Waals surface area contributed by atoms with E-state index in [2.05, 4.69) is 0 Å². The van der Waals surface area contributed by atoms with Crippen LogP contribution in [0, 0.1) is 0 Å². The average molecular weight is 123 g/mol. The van der Waals surface area contributed by atoms with Crippen LogP contribution in [0.4, 0.5) is 0 Å². The Hall–Kier alpha value is 0.210. The molecule has 4 N–H and O–H groups in total. The van der Waals surface area contributed by atoms with Gasteiger partial charge < -0.3 is 11.5 Å². The van der Waals surface area contributed by atoms with Gasteiger partial charge in [0.05, 0.1) is 0 Å². The normalized spacial score (nSPS) is 18.9. The molecule has 7 heavy (non-hydrogen) atoms. The van der Waals surface area contributed by atoms with Gasteiger partial charge in [-0.3, -0.25) is 0 Å². The number of alkyl halides is 1. The predicted molar refractivity (Wildman–Crippen MR) is 32.4 cm³/mol. The van der Waals surface area contributed by atoms with Gasteiger partial charge in [-0.2, -0.15) is 0 Å². The van der Waals surface area contributed by atoms with Crippen LogP contribution in [0.5, 0.6) is 0 Å². The lowest BCUT2D eigenvalue weighted by Gasteiger charge is -2.17. The third-order valence-corrected chi connectivity index (χ3v) is 1.38. The van der Waals surface area contributed by atoms with Gasteiger partial charge in [-0.25, -0.2) is 0 Å². The number of halogens is 1. The largest absolute Gasteiger partial charge is 0.329 e. The van der Waals surface area contributed by atoms with Crippen LogP contribution in [0.3, 0.4) is 0 Å². The van der Waals surface area contributed by atoms with Crippen molar-refractivity contribution in [3.05, 3.63) is 0 Å². The Bertz CT molecular complexity index is 47.7. The monoisotopic (exact) mass is 122 g/mol. The molecule has 0 fully saturated rings. The van der Waals surface area contributed by atoms with Crippen molar-refractivity contribution in [3.63, 3.8) is 0 Å². The van der Waals surface area contributed by atoms with Gasteiger partial charge in [0.1, 0.15) is 0 Å². The first-order valence-electron chi connectivity index (χ1n) is 2.17. The second-order valence-electron chi connectivity index (χ2n) is 1.99. The summed E-state index contributed by atoms with van der Waals surface area (Å²) in [5.41, 5.74) is 10.3.